The molecule has 2 aliphatic heterocycles. The van der Waals surface area contributed by atoms with Gasteiger partial charge in [-0.25, -0.2) is 4.68 Å². The van der Waals surface area contributed by atoms with Crippen LogP contribution in [0.15, 0.2) is 6.20 Å². The molecule has 1 saturated carbocycles. The number of piperidine rings is 1. The minimum absolute atomic E-state index is 0.330. The van der Waals surface area contributed by atoms with Crippen molar-refractivity contribution in [1.82, 2.24) is 24.8 Å². The summed E-state index contributed by atoms with van der Waals surface area (Å²) in [6.07, 6.45) is 11.6. The van der Waals surface area contributed by atoms with Gasteiger partial charge >= 0.3 is 0 Å². The number of unbranched alkanes of at least 4 members (excludes halogenated alkanes) is 1. The van der Waals surface area contributed by atoms with E-state index in [-0.39, 0.29) is 0 Å². The lowest BCUT2D eigenvalue weighted by Crippen LogP contribution is -2.40. The van der Waals surface area contributed by atoms with Crippen molar-refractivity contribution in [2.24, 2.45) is 11.8 Å². The maximum Gasteiger partial charge on any atom is 0.225 e. The second-order valence-electron chi connectivity index (χ2n) is 8.47. The van der Waals surface area contributed by atoms with E-state index < -0.39 is 0 Å². The zero-order chi connectivity index (χ0) is 17.9. The van der Waals surface area contributed by atoms with Crippen LogP contribution < -0.4 is 0 Å². The Morgan fingerprint density at radius 1 is 1.19 bits per heavy atom. The monoisotopic (exact) mass is 359 g/mol. The molecule has 0 bridgehead atoms. The molecule has 6 heteroatoms. The Balaban J connectivity index is 1.23. The van der Waals surface area contributed by atoms with E-state index in [4.69, 9.17) is 0 Å². The lowest BCUT2D eigenvalue weighted by Gasteiger charge is -2.32. The van der Waals surface area contributed by atoms with Crippen LogP contribution in [0, 0.1) is 11.8 Å². The van der Waals surface area contributed by atoms with Crippen molar-refractivity contribution in [3.63, 3.8) is 0 Å². The van der Waals surface area contributed by atoms with Gasteiger partial charge in [-0.15, -0.1) is 5.10 Å². The highest BCUT2D eigenvalue weighted by molar-refractivity contribution is 5.81. The van der Waals surface area contributed by atoms with Crippen LogP contribution in [0.25, 0.3) is 0 Å². The number of hydrogen-bond donors (Lipinski definition) is 0. The number of carbonyl (C=O) groups excluding carboxylic acids is 1. The van der Waals surface area contributed by atoms with Crippen molar-refractivity contribution in [2.75, 3.05) is 26.2 Å². The molecule has 4 rings (SSSR count). The van der Waals surface area contributed by atoms with Crippen molar-refractivity contribution in [1.29, 1.82) is 0 Å². The van der Waals surface area contributed by atoms with Gasteiger partial charge in [0.2, 0.25) is 5.91 Å². The molecule has 6 nitrogen and oxygen atoms in total. The minimum Gasteiger partial charge on any atom is -0.342 e. The molecular formula is C20H33N5O. The molecular weight excluding hydrogens is 326 g/mol. The third-order valence-electron chi connectivity index (χ3n) is 6.46. The van der Waals surface area contributed by atoms with Gasteiger partial charge in [0.05, 0.1) is 17.9 Å². The van der Waals surface area contributed by atoms with Gasteiger partial charge in [0.1, 0.15) is 0 Å². The van der Waals surface area contributed by atoms with Crippen LogP contribution in [0.4, 0.5) is 0 Å². The number of carbonyl (C=O) groups is 1. The summed E-state index contributed by atoms with van der Waals surface area (Å²) in [5, 5.41) is 8.76. The van der Waals surface area contributed by atoms with Crippen molar-refractivity contribution in [3.8, 4) is 0 Å². The molecule has 0 N–H and O–H groups in total. The standard InChI is InChI=1S/C20H33N5O/c1-2-3-6-16-13-19(16)20(26)24-11-7-18(8-12-24)25-15-17(21-22-25)14-23-9-4-5-10-23/h15-16,18-19H,2-14H2,1H3/t16-,19+/m1/s1. The van der Waals surface area contributed by atoms with E-state index in [1.165, 1.54) is 45.2 Å². The predicted molar refractivity (Wildman–Crippen MR) is 101 cm³/mol. The summed E-state index contributed by atoms with van der Waals surface area (Å²) in [5.41, 5.74) is 1.09. The summed E-state index contributed by atoms with van der Waals surface area (Å²) in [5.74, 6) is 1.41. The van der Waals surface area contributed by atoms with Crippen LogP contribution in [-0.2, 0) is 11.3 Å². The quantitative estimate of drug-likeness (QED) is 0.751. The SMILES string of the molecule is CCCC[C@@H]1C[C@@H]1C(=O)N1CCC(n2cc(CN3CCCC3)nn2)CC1. The van der Waals surface area contributed by atoms with Gasteiger partial charge in [0.25, 0.3) is 0 Å². The van der Waals surface area contributed by atoms with Crippen molar-refractivity contribution in [3.05, 3.63) is 11.9 Å². The fourth-order valence-corrected chi connectivity index (χ4v) is 4.65. The van der Waals surface area contributed by atoms with E-state index in [1.54, 1.807) is 0 Å². The summed E-state index contributed by atoms with van der Waals surface area (Å²) in [4.78, 5) is 17.2. The van der Waals surface area contributed by atoms with E-state index in [9.17, 15) is 4.79 Å². The van der Waals surface area contributed by atoms with Gasteiger partial charge in [-0.05, 0) is 57.5 Å². The number of hydrogen-bond acceptors (Lipinski definition) is 4. The fourth-order valence-electron chi connectivity index (χ4n) is 4.65. The molecule has 3 aliphatic rings. The van der Waals surface area contributed by atoms with Gasteiger partial charge in [0.15, 0.2) is 0 Å². The summed E-state index contributed by atoms with van der Waals surface area (Å²) in [6, 6.07) is 0.397. The second-order valence-corrected chi connectivity index (χ2v) is 8.47. The average molecular weight is 360 g/mol. The third kappa shape index (κ3) is 4.11. The van der Waals surface area contributed by atoms with Gasteiger partial charge < -0.3 is 4.90 Å². The smallest absolute Gasteiger partial charge is 0.225 e. The highest BCUT2D eigenvalue weighted by Gasteiger charge is 2.44. The predicted octanol–water partition coefficient (Wildman–Crippen LogP) is 2.86. The first-order valence-electron chi connectivity index (χ1n) is 10.7. The Morgan fingerprint density at radius 3 is 2.69 bits per heavy atom. The Morgan fingerprint density at radius 2 is 1.96 bits per heavy atom. The second kappa shape index (κ2) is 8.07. The van der Waals surface area contributed by atoms with Crippen molar-refractivity contribution in [2.45, 2.75) is 70.9 Å². The van der Waals surface area contributed by atoms with Gasteiger partial charge in [-0.2, -0.15) is 0 Å². The maximum absolute atomic E-state index is 12.7. The van der Waals surface area contributed by atoms with Gasteiger partial charge in [-0.3, -0.25) is 9.69 Å². The largest absolute Gasteiger partial charge is 0.342 e. The number of likely N-dealkylation sites (tertiary alicyclic amines) is 2. The Hall–Kier alpha value is -1.43. The normalized spacial score (nSPS) is 27.2. The summed E-state index contributed by atoms with van der Waals surface area (Å²) >= 11 is 0. The molecule has 3 heterocycles. The number of aromatic nitrogens is 3. The molecule has 1 aliphatic carbocycles. The molecule has 2 atom stereocenters. The molecule has 1 aromatic rings. The molecule has 0 spiro atoms. The fraction of sp³-hybridized carbons (Fsp3) is 0.850. The number of amides is 1. The zero-order valence-electron chi connectivity index (χ0n) is 16.1. The van der Waals surface area contributed by atoms with E-state index in [2.05, 4.69) is 33.2 Å². The Labute approximate surface area is 156 Å². The molecule has 1 aromatic heterocycles. The molecule has 2 saturated heterocycles. The van der Waals surface area contributed by atoms with Crippen LogP contribution in [0.5, 0.6) is 0 Å². The Kier molecular flexibility index (Phi) is 5.57. The number of nitrogens with zero attached hydrogens (tertiary/aromatic N) is 5. The minimum atomic E-state index is 0.330. The first kappa shape index (κ1) is 18.0. The van der Waals surface area contributed by atoms with Crippen molar-refractivity contribution >= 4 is 5.91 Å². The van der Waals surface area contributed by atoms with E-state index in [1.807, 2.05) is 4.68 Å². The molecule has 0 radical (unpaired) electrons. The highest BCUT2D eigenvalue weighted by Crippen LogP contribution is 2.44. The highest BCUT2D eigenvalue weighted by atomic mass is 16.2. The number of rotatable bonds is 7. The van der Waals surface area contributed by atoms with E-state index in [0.29, 0.717) is 23.8 Å². The Bertz CT molecular complexity index is 601. The summed E-state index contributed by atoms with van der Waals surface area (Å²) < 4.78 is 2.05. The van der Waals surface area contributed by atoms with Crippen molar-refractivity contribution < 1.29 is 4.79 Å². The van der Waals surface area contributed by atoms with Gasteiger partial charge in [-0.1, -0.05) is 25.0 Å². The van der Waals surface area contributed by atoms with Crippen LogP contribution in [-0.4, -0.2) is 56.9 Å². The van der Waals surface area contributed by atoms with Crippen LogP contribution in [0.2, 0.25) is 0 Å². The first-order valence-corrected chi connectivity index (χ1v) is 10.7. The maximum atomic E-state index is 12.7. The molecule has 3 fully saturated rings. The summed E-state index contributed by atoms with van der Waals surface area (Å²) in [6.45, 7) is 7.29. The molecule has 0 unspecified atom stereocenters. The van der Waals surface area contributed by atoms with Crippen LogP contribution >= 0.6 is 0 Å². The van der Waals surface area contributed by atoms with Gasteiger partial charge in [0, 0.05) is 25.6 Å². The van der Waals surface area contributed by atoms with E-state index >= 15 is 0 Å². The molecule has 26 heavy (non-hydrogen) atoms. The third-order valence-corrected chi connectivity index (χ3v) is 6.46. The zero-order valence-corrected chi connectivity index (χ0v) is 16.1. The average Bonchev–Trinajstić information content (AvgIpc) is 3.04. The lowest BCUT2D eigenvalue weighted by atomic mass is 10.0. The molecule has 0 aromatic carbocycles. The molecule has 144 valence electrons. The lowest BCUT2D eigenvalue weighted by molar-refractivity contribution is -0.134. The van der Waals surface area contributed by atoms with Crippen LogP contribution in [0.3, 0.4) is 0 Å². The van der Waals surface area contributed by atoms with E-state index in [0.717, 1.165) is 44.6 Å². The van der Waals surface area contributed by atoms with Crippen LogP contribution in [0.1, 0.15) is 70.0 Å². The summed E-state index contributed by atoms with van der Waals surface area (Å²) in [7, 11) is 0. The molecule has 1 amide bonds. The topological polar surface area (TPSA) is 54.3 Å². The first-order chi connectivity index (χ1) is 12.7.